The van der Waals surface area contributed by atoms with Gasteiger partial charge in [-0.1, -0.05) is 18.2 Å². The van der Waals surface area contributed by atoms with Gasteiger partial charge in [0.2, 0.25) is 0 Å². The van der Waals surface area contributed by atoms with Crippen LogP contribution >= 0.6 is 0 Å². The third-order valence-electron chi connectivity index (χ3n) is 1.57. The minimum atomic E-state index is -1.12. The molecule has 0 spiro atoms. The molecule has 0 aliphatic carbocycles. The lowest BCUT2D eigenvalue weighted by Gasteiger charge is -1.99. The van der Waals surface area contributed by atoms with Gasteiger partial charge in [0.05, 0.1) is 5.57 Å². The summed E-state index contributed by atoms with van der Waals surface area (Å²) in [6.07, 6.45) is 2.07. The van der Waals surface area contributed by atoms with Crippen LogP contribution in [-0.2, 0) is 4.79 Å². The van der Waals surface area contributed by atoms with Gasteiger partial charge in [-0.05, 0) is 12.1 Å². The number of hydrogen-bond donors (Lipinski definition) is 3. The van der Waals surface area contributed by atoms with Crippen molar-refractivity contribution in [3.05, 3.63) is 42.1 Å². The first-order valence-electron chi connectivity index (χ1n) is 3.99. The van der Waals surface area contributed by atoms with Gasteiger partial charge in [-0.2, -0.15) is 0 Å². The highest BCUT2D eigenvalue weighted by Crippen LogP contribution is 2.05. The zero-order valence-corrected chi connectivity index (χ0v) is 7.40. The van der Waals surface area contributed by atoms with Crippen molar-refractivity contribution in [2.24, 2.45) is 0 Å². The monoisotopic (exact) mass is 190 g/mol. The van der Waals surface area contributed by atoms with Crippen LogP contribution in [0.2, 0.25) is 0 Å². The summed E-state index contributed by atoms with van der Waals surface area (Å²) in [5.74, 6) is -1.12. The number of carbonyl (C=O) groups is 1. The van der Waals surface area contributed by atoms with E-state index in [-0.39, 0.29) is 5.57 Å². The molecule has 0 bridgehead atoms. The second kappa shape index (κ2) is 4.81. The molecule has 0 saturated heterocycles. The Morgan fingerprint density at radius 2 is 2.00 bits per heavy atom. The molecule has 1 aromatic carbocycles. The normalized spacial score (nSPS) is 10.7. The van der Waals surface area contributed by atoms with Crippen molar-refractivity contribution in [1.82, 2.24) is 0 Å². The third kappa shape index (κ3) is 2.75. The molecular weight excluding hydrogens is 180 g/mol. The third-order valence-corrected chi connectivity index (χ3v) is 1.57. The Hall–Kier alpha value is -2.10. The Morgan fingerprint density at radius 1 is 1.36 bits per heavy atom. The second-order valence-electron chi connectivity index (χ2n) is 2.56. The summed E-state index contributed by atoms with van der Waals surface area (Å²) >= 11 is 0. The number of aliphatic carboxylic acids is 1. The number of anilines is 1. The van der Waals surface area contributed by atoms with E-state index in [0.29, 0.717) is 0 Å². The van der Waals surface area contributed by atoms with Crippen LogP contribution in [0.3, 0.4) is 0 Å². The van der Waals surface area contributed by atoms with E-state index in [1.54, 1.807) is 12.1 Å². The Labute approximate surface area is 81.4 Å². The Bertz CT molecular complexity index is 358. The molecule has 0 radical (unpaired) electrons. The van der Waals surface area contributed by atoms with Crippen molar-refractivity contribution in [3.8, 4) is 0 Å². The topological polar surface area (TPSA) is 73.2 Å². The quantitative estimate of drug-likeness (QED) is 0.500. The second-order valence-corrected chi connectivity index (χ2v) is 2.56. The van der Waals surface area contributed by atoms with E-state index in [1.165, 1.54) is 6.20 Å². The van der Waals surface area contributed by atoms with E-state index in [0.717, 1.165) is 11.9 Å². The lowest BCUT2D eigenvalue weighted by molar-refractivity contribution is -0.132. The van der Waals surface area contributed by atoms with E-state index in [4.69, 9.17) is 10.5 Å². The molecule has 0 aliphatic heterocycles. The predicted octanol–water partition coefficient (Wildman–Crippen LogP) is 1.72. The molecule has 1 rings (SSSR count). The SMILES string of the molecule is N=C/C(=C\Nc1ccccc1)C(=O)O. The Balaban J connectivity index is 2.71. The molecule has 1 aromatic rings. The van der Waals surface area contributed by atoms with E-state index >= 15 is 0 Å². The first-order valence-corrected chi connectivity index (χ1v) is 3.99. The van der Waals surface area contributed by atoms with Crippen molar-refractivity contribution in [2.75, 3.05) is 5.32 Å². The fraction of sp³-hybridized carbons (Fsp3) is 0. The van der Waals surface area contributed by atoms with E-state index in [9.17, 15) is 4.79 Å². The summed E-state index contributed by atoms with van der Waals surface area (Å²) in [4.78, 5) is 10.5. The Kier molecular flexibility index (Phi) is 3.43. The number of rotatable bonds is 4. The van der Waals surface area contributed by atoms with Gasteiger partial charge in [0.15, 0.2) is 0 Å². The van der Waals surface area contributed by atoms with E-state index < -0.39 is 5.97 Å². The van der Waals surface area contributed by atoms with Crippen LogP contribution < -0.4 is 5.32 Å². The van der Waals surface area contributed by atoms with Gasteiger partial charge in [0.25, 0.3) is 0 Å². The van der Waals surface area contributed by atoms with Gasteiger partial charge in [0.1, 0.15) is 0 Å². The summed E-state index contributed by atoms with van der Waals surface area (Å²) in [5, 5.41) is 18.2. The van der Waals surface area contributed by atoms with Crippen LogP contribution in [0, 0.1) is 5.41 Å². The summed E-state index contributed by atoms with van der Waals surface area (Å²) in [6, 6.07) is 9.14. The van der Waals surface area contributed by atoms with Gasteiger partial charge in [-0.3, -0.25) is 0 Å². The number of carboxylic acid groups (broad SMARTS) is 1. The average Bonchev–Trinajstić information content (AvgIpc) is 2.20. The van der Waals surface area contributed by atoms with Crippen molar-refractivity contribution in [2.45, 2.75) is 0 Å². The van der Waals surface area contributed by atoms with Crippen LogP contribution in [-0.4, -0.2) is 17.3 Å². The smallest absolute Gasteiger partial charge is 0.338 e. The van der Waals surface area contributed by atoms with Crippen LogP contribution in [0.5, 0.6) is 0 Å². The fourth-order valence-corrected chi connectivity index (χ4v) is 0.861. The largest absolute Gasteiger partial charge is 0.478 e. The molecule has 3 N–H and O–H groups in total. The number of nitrogens with one attached hydrogen (secondary N) is 2. The first-order chi connectivity index (χ1) is 6.74. The maximum Gasteiger partial charge on any atom is 0.338 e. The summed E-state index contributed by atoms with van der Waals surface area (Å²) in [6.45, 7) is 0. The first kappa shape index (κ1) is 9.98. The standard InChI is InChI=1S/C10H10N2O2/c11-6-8(10(13)14)7-12-9-4-2-1-3-5-9/h1-7,11-12H,(H,13,14)/b8-7+,11-6?. The lowest BCUT2D eigenvalue weighted by Crippen LogP contribution is -2.03. The molecule has 0 unspecified atom stereocenters. The molecule has 4 nitrogen and oxygen atoms in total. The highest BCUT2D eigenvalue weighted by molar-refractivity contribution is 6.07. The molecule has 4 heteroatoms. The van der Waals surface area contributed by atoms with Crippen molar-refractivity contribution in [1.29, 1.82) is 5.41 Å². The van der Waals surface area contributed by atoms with E-state index in [2.05, 4.69) is 5.32 Å². The summed E-state index contributed by atoms with van der Waals surface area (Å²) in [7, 11) is 0. The van der Waals surface area contributed by atoms with Crippen molar-refractivity contribution < 1.29 is 9.90 Å². The zero-order chi connectivity index (χ0) is 10.4. The molecule has 72 valence electrons. The molecule has 0 amide bonds. The van der Waals surface area contributed by atoms with Crippen LogP contribution in [0.1, 0.15) is 0 Å². The minimum absolute atomic E-state index is 0.0890. The van der Waals surface area contributed by atoms with Gasteiger partial charge < -0.3 is 15.8 Å². The highest BCUT2D eigenvalue weighted by Gasteiger charge is 2.01. The fourth-order valence-electron chi connectivity index (χ4n) is 0.861. The van der Waals surface area contributed by atoms with Crippen molar-refractivity contribution in [3.63, 3.8) is 0 Å². The average molecular weight is 190 g/mol. The predicted molar refractivity (Wildman–Crippen MR) is 54.6 cm³/mol. The van der Waals surface area contributed by atoms with Gasteiger partial charge >= 0.3 is 5.97 Å². The highest BCUT2D eigenvalue weighted by atomic mass is 16.4. The number of benzene rings is 1. The summed E-state index contributed by atoms with van der Waals surface area (Å²) < 4.78 is 0. The summed E-state index contributed by atoms with van der Waals surface area (Å²) in [5.41, 5.74) is 0.696. The van der Waals surface area contributed by atoms with Gasteiger partial charge in [-0.25, -0.2) is 4.79 Å². The molecule has 0 saturated carbocycles. The molecule has 0 aliphatic rings. The molecule has 0 heterocycles. The molecule has 0 atom stereocenters. The minimum Gasteiger partial charge on any atom is -0.478 e. The number of hydrogen-bond acceptors (Lipinski definition) is 3. The number of para-hydroxylation sites is 1. The maximum absolute atomic E-state index is 10.5. The van der Waals surface area contributed by atoms with Crippen LogP contribution in [0.25, 0.3) is 0 Å². The maximum atomic E-state index is 10.5. The Morgan fingerprint density at radius 3 is 2.50 bits per heavy atom. The van der Waals surface area contributed by atoms with E-state index in [1.807, 2.05) is 18.2 Å². The number of carboxylic acids is 1. The lowest BCUT2D eigenvalue weighted by atomic mass is 10.3. The molecule has 14 heavy (non-hydrogen) atoms. The molecule has 0 fully saturated rings. The van der Waals surface area contributed by atoms with Crippen LogP contribution in [0.15, 0.2) is 42.1 Å². The molecular formula is C10H10N2O2. The van der Waals surface area contributed by atoms with Crippen molar-refractivity contribution >= 4 is 17.9 Å². The van der Waals surface area contributed by atoms with Gasteiger partial charge in [0, 0.05) is 18.1 Å². The zero-order valence-electron chi connectivity index (χ0n) is 7.40. The molecule has 0 aromatic heterocycles. The van der Waals surface area contributed by atoms with Gasteiger partial charge in [-0.15, -0.1) is 0 Å². The van der Waals surface area contributed by atoms with Crippen LogP contribution in [0.4, 0.5) is 5.69 Å².